The first kappa shape index (κ1) is 26.8. The number of H-pyrrole nitrogens is 1. The molecule has 2 aromatic heterocycles. The van der Waals surface area contributed by atoms with E-state index in [0.29, 0.717) is 18.1 Å². The molecule has 1 atom stereocenters. The van der Waals surface area contributed by atoms with Crippen LogP contribution in [0.5, 0.6) is 17.2 Å². The number of nitrogens with zero attached hydrogens (tertiary/aromatic N) is 2. The van der Waals surface area contributed by atoms with Gasteiger partial charge in [0.1, 0.15) is 18.0 Å². The largest absolute Gasteiger partial charge is 0.493 e. The number of pyridine rings is 1. The van der Waals surface area contributed by atoms with Gasteiger partial charge in [0.25, 0.3) is 0 Å². The summed E-state index contributed by atoms with van der Waals surface area (Å²) in [4.78, 5) is 22.5. The van der Waals surface area contributed by atoms with Crippen LogP contribution in [0.25, 0.3) is 28.2 Å². The smallest absolute Gasteiger partial charge is 0.244 e. The van der Waals surface area contributed by atoms with Gasteiger partial charge in [0.15, 0.2) is 11.5 Å². The summed E-state index contributed by atoms with van der Waals surface area (Å²) in [5.74, 6) is 1.90. The van der Waals surface area contributed by atoms with E-state index < -0.39 is 0 Å². The molecule has 1 amide bonds. The summed E-state index contributed by atoms with van der Waals surface area (Å²) >= 11 is 0. The molecular weight excluding hydrogens is 480 g/mol. The lowest BCUT2D eigenvalue weighted by Crippen LogP contribution is -2.24. The number of rotatable bonds is 11. The van der Waals surface area contributed by atoms with Crippen molar-refractivity contribution in [2.24, 2.45) is 0 Å². The molecule has 0 fully saturated rings. The Morgan fingerprint density at radius 2 is 1.82 bits per heavy atom. The summed E-state index contributed by atoms with van der Waals surface area (Å²) in [5.41, 5.74) is 4.58. The number of hydrogen-bond donors (Lipinski definition) is 2. The Morgan fingerprint density at radius 1 is 1.05 bits per heavy atom. The number of methoxy groups -OCH3 is 2. The number of carbonyl (C=O) groups is 1. The minimum Gasteiger partial charge on any atom is -0.493 e. The van der Waals surface area contributed by atoms with Crippen LogP contribution in [0.15, 0.2) is 67.0 Å². The summed E-state index contributed by atoms with van der Waals surface area (Å²) in [6.07, 6.45) is 7.02. The van der Waals surface area contributed by atoms with Crippen LogP contribution in [-0.4, -0.2) is 62.2 Å². The lowest BCUT2D eigenvalue weighted by molar-refractivity contribution is -0.117. The average molecular weight is 515 g/mol. The monoisotopic (exact) mass is 514 g/mol. The fraction of sp³-hybridized carbons (Fsp3) is 0.267. The summed E-state index contributed by atoms with van der Waals surface area (Å²) in [6.45, 7) is 3.42. The lowest BCUT2D eigenvalue weighted by atomic mass is 10.1. The van der Waals surface area contributed by atoms with E-state index in [0.717, 1.165) is 45.6 Å². The highest BCUT2D eigenvalue weighted by atomic mass is 16.5. The molecule has 0 aliphatic heterocycles. The second-order valence-electron chi connectivity index (χ2n) is 9.22. The third-order valence-electron chi connectivity index (χ3n) is 6.24. The van der Waals surface area contributed by atoms with Crippen molar-refractivity contribution in [1.29, 1.82) is 0 Å². The zero-order valence-corrected chi connectivity index (χ0v) is 22.4. The van der Waals surface area contributed by atoms with Gasteiger partial charge < -0.3 is 29.4 Å². The third kappa shape index (κ3) is 6.52. The molecule has 0 radical (unpaired) electrons. The van der Waals surface area contributed by atoms with Crippen molar-refractivity contribution < 1.29 is 19.0 Å². The Hall–Kier alpha value is -4.30. The normalized spacial score (nSPS) is 12.2. The van der Waals surface area contributed by atoms with Gasteiger partial charge in [-0.25, -0.2) is 4.98 Å². The van der Waals surface area contributed by atoms with Crippen molar-refractivity contribution in [2.75, 3.05) is 41.5 Å². The highest BCUT2D eigenvalue weighted by molar-refractivity contribution is 5.96. The van der Waals surface area contributed by atoms with Crippen LogP contribution >= 0.6 is 0 Å². The number of fused-ring (bicyclic) bond motifs is 1. The van der Waals surface area contributed by atoms with Gasteiger partial charge in [-0.2, -0.15) is 0 Å². The van der Waals surface area contributed by atoms with Crippen LogP contribution in [0.4, 0.5) is 0 Å². The van der Waals surface area contributed by atoms with Gasteiger partial charge >= 0.3 is 0 Å². The molecule has 0 saturated carbocycles. The van der Waals surface area contributed by atoms with E-state index in [1.54, 1.807) is 20.3 Å². The van der Waals surface area contributed by atoms with Crippen LogP contribution in [0.3, 0.4) is 0 Å². The molecule has 0 bridgehead atoms. The Kier molecular flexibility index (Phi) is 8.66. The standard InChI is InChI=1S/C30H34N4O4/c1-20(22-8-12-27(36-4)28(17-22)37-5)33-29(35)13-9-23-18-31-30-26(23)16-24(19-32-30)21-6-10-25(11-7-21)38-15-14-34(2)3/h6-13,16-20H,14-15H2,1-5H3,(H,31,32)(H,33,35)/b13-9+/t20-/m1/s1. The van der Waals surface area contributed by atoms with Gasteiger partial charge in [-0.3, -0.25) is 4.79 Å². The minimum absolute atomic E-state index is 0.199. The number of benzene rings is 2. The number of nitrogens with one attached hydrogen (secondary N) is 2. The molecule has 2 aromatic carbocycles. The van der Waals surface area contributed by atoms with Crippen molar-refractivity contribution in [2.45, 2.75) is 13.0 Å². The molecule has 2 N–H and O–H groups in total. The van der Waals surface area contributed by atoms with E-state index >= 15 is 0 Å². The molecule has 198 valence electrons. The third-order valence-corrected chi connectivity index (χ3v) is 6.24. The molecule has 4 rings (SSSR count). The van der Waals surface area contributed by atoms with E-state index in [4.69, 9.17) is 14.2 Å². The number of ether oxygens (including phenoxy) is 3. The van der Waals surface area contributed by atoms with Gasteiger partial charge in [0, 0.05) is 41.5 Å². The van der Waals surface area contributed by atoms with Gasteiger partial charge in [-0.15, -0.1) is 0 Å². The van der Waals surface area contributed by atoms with Crippen molar-refractivity contribution in [1.82, 2.24) is 20.2 Å². The Morgan fingerprint density at radius 3 is 2.53 bits per heavy atom. The zero-order chi connectivity index (χ0) is 27.1. The molecule has 0 aliphatic carbocycles. The summed E-state index contributed by atoms with van der Waals surface area (Å²) < 4.78 is 16.5. The number of aromatic amines is 1. The molecule has 0 saturated heterocycles. The van der Waals surface area contributed by atoms with Crippen molar-refractivity contribution in [3.05, 3.63) is 78.1 Å². The number of carbonyl (C=O) groups excluding carboxylic acids is 1. The second kappa shape index (κ2) is 12.3. The number of amides is 1. The predicted molar refractivity (Wildman–Crippen MR) is 151 cm³/mol. The first-order chi connectivity index (χ1) is 18.4. The van der Waals surface area contributed by atoms with Gasteiger partial charge in [0.2, 0.25) is 5.91 Å². The minimum atomic E-state index is -0.210. The van der Waals surface area contributed by atoms with Crippen LogP contribution in [0.1, 0.15) is 24.1 Å². The molecular formula is C30H34N4O4. The fourth-order valence-corrected chi connectivity index (χ4v) is 4.04. The topological polar surface area (TPSA) is 88.7 Å². The maximum atomic E-state index is 12.7. The zero-order valence-electron chi connectivity index (χ0n) is 22.4. The molecule has 0 unspecified atom stereocenters. The molecule has 0 aliphatic rings. The van der Waals surface area contributed by atoms with E-state index in [1.165, 1.54) is 6.08 Å². The molecule has 2 heterocycles. The first-order valence-corrected chi connectivity index (χ1v) is 12.4. The Balaban J connectivity index is 1.44. The fourth-order valence-electron chi connectivity index (χ4n) is 4.04. The molecule has 8 nitrogen and oxygen atoms in total. The highest BCUT2D eigenvalue weighted by Gasteiger charge is 2.12. The first-order valence-electron chi connectivity index (χ1n) is 12.4. The number of hydrogen-bond acceptors (Lipinski definition) is 6. The van der Waals surface area contributed by atoms with Crippen LogP contribution in [0.2, 0.25) is 0 Å². The molecule has 38 heavy (non-hydrogen) atoms. The van der Waals surface area contributed by atoms with E-state index in [9.17, 15) is 4.79 Å². The summed E-state index contributed by atoms with van der Waals surface area (Å²) in [7, 11) is 7.22. The molecule has 8 heteroatoms. The van der Waals surface area contributed by atoms with Crippen molar-refractivity contribution >= 4 is 23.0 Å². The predicted octanol–water partition coefficient (Wildman–Crippen LogP) is 5.08. The second-order valence-corrected chi connectivity index (χ2v) is 9.22. The van der Waals surface area contributed by atoms with Crippen LogP contribution in [-0.2, 0) is 4.79 Å². The van der Waals surface area contributed by atoms with Gasteiger partial charge in [0.05, 0.1) is 20.3 Å². The van der Waals surface area contributed by atoms with Crippen LogP contribution in [0, 0.1) is 0 Å². The average Bonchev–Trinajstić information content (AvgIpc) is 3.33. The van der Waals surface area contributed by atoms with Crippen molar-refractivity contribution in [3.63, 3.8) is 0 Å². The highest BCUT2D eigenvalue weighted by Crippen LogP contribution is 2.30. The SMILES string of the molecule is COc1ccc([C@@H](C)NC(=O)/C=C/c2c[nH]c3ncc(-c4ccc(OCCN(C)C)cc4)cc23)cc1OC. The quantitative estimate of drug-likeness (QED) is 0.272. The van der Waals surface area contributed by atoms with Gasteiger partial charge in [-0.1, -0.05) is 18.2 Å². The van der Waals surface area contributed by atoms with E-state index in [1.807, 2.05) is 75.9 Å². The summed E-state index contributed by atoms with van der Waals surface area (Å²) in [6, 6.07) is 15.5. The van der Waals surface area contributed by atoms with Gasteiger partial charge in [-0.05, 0) is 68.6 Å². The van der Waals surface area contributed by atoms with E-state index in [2.05, 4.69) is 26.3 Å². The number of likely N-dealkylation sites (N-methyl/N-ethyl adjacent to an activating group) is 1. The molecule has 4 aromatic rings. The van der Waals surface area contributed by atoms with E-state index in [-0.39, 0.29) is 11.9 Å². The number of aromatic nitrogens is 2. The maximum absolute atomic E-state index is 12.7. The Labute approximate surface area is 223 Å². The Bertz CT molecular complexity index is 1410. The van der Waals surface area contributed by atoms with Crippen molar-refractivity contribution in [3.8, 4) is 28.4 Å². The molecule has 0 spiro atoms. The summed E-state index contributed by atoms with van der Waals surface area (Å²) in [5, 5.41) is 3.93. The van der Waals surface area contributed by atoms with Crippen LogP contribution < -0.4 is 19.5 Å². The maximum Gasteiger partial charge on any atom is 0.244 e. The lowest BCUT2D eigenvalue weighted by Gasteiger charge is -2.15.